The van der Waals surface area contributed by atoms with Gasteiger partial charge in [0.15, 0.2) is 5.16 Å². The van der Waals surface area contributed by atoms with E-state index >= 15 is 0 Å². The van der Waals surface area contributed by atoms with Crippen molar-refractivity contribution in [2.24, 2.45) is 0 Å². The van der Waals surface area contributed by atoms with Crippen LogP contribution in [0.1, 0.15) is 16.1 Å². The normalized spacial score (nSPS) is 10.4. The van der Waals surface area contributed by atoms with Gasteiger partial charge in [0.05, 0.1) is 10.6 Å². The summed E-state index contributed by atoms with van der Waals surface area (Å²) in [5.41, 5.74) is 0.416. The van der Waals surface area contributed by atoms with Crippen LogP contribution in [0.25, 0.3) is 0 Å². The van der Waals surface area contributed by atoms with E-state index in [2.05, 4.69) is 9.97 Å². The molecular formula is C12H9ClN2O3S. The zero-order chi connectivity index (χ0) is 14.0. The number of aryl methyl sites for hydroxylation is 1. The first-order chi connectivity index (χ1) is 8.95. The van der Waals surface area contributed by atoms with E-state index in [1.807, 2.05) is 0 Å². The van der Waals surface area contributed by atoms with Gasteiger partial charge in [-0.2, -0.15) is 0 Å². The van der Waals surface area contributed by atoms with Crippen molar-refractivity contribution in [3.05, 3.63) is 50.9 Å². The van der Waals surface area contributed by atoms with E-state index in [-0.39, 0.29) is 16.1 Å². The van der Waals surface area contributed by atoms with Crippen LogP contribution in [0.3, 0.4) is 0 Å². The van der Waals surface area contributed by atoms with Crippen molar-refractivity contribution < 1.29 is 9.90 Å². The molecule has 0 fully saturated rings. The Kier molecular flexibility index (Phi) is 3.92. The van der Waals surface area contributed by atoms with E-state index in [1.54, 1.807) is 13.0 Å². The predicted octanol–water partition coefficient (Wildman–Crippen LogP) is 2.58. The number of aromatic amines is 1. The molecule has 0 amide bonds. The Morgan fingerprint density at radius 1 is 1.42 bits per heavy atom. The fourth-order valence-corrected chi connectivity index (χ4v) is 2.65. The second-order valence-electron chi connectivity index (χ2n) is 3.74. The molecule has 2 N–H and O–H groups in total. The summed E-state index contributed by atoms with van der Waals surface area (Å²) in [6.45, 7) is 1.72. The molecule has 0 atom stereocenters. The van der Waals surface area contributed by atoms with Crippen molar-refractivity contribution in [1.82, 2.24) is 9.97 Å². The van der Waals surface area contributed by atoms with Gasteiger partial charge in [-0.1, -0.05) is 23.4 Å². The number of carboxylic acids is 1. The predicted molar refractivity (Wildman–Crippen MR) is 72.1 cm³/mol. The number of hydrogen-bond acceptors (Lipinski definition) is 4. The number of rotatable bonds is 3. The molecule has 7 heteroatoms. The minimum Gasteiger partial charge on any atom is -0.478 e. The number of aromatic carboxylic acids is 1. The lowest BCUT2D eigenvalue weighted by Gasteiger charge is -2.04. The standard InChI is InChI=1S/C12H9ClN2O3S/c1-6-4-10(16)15-12(14-6)19-7-2-3-8(11(17)18)9(13)5-7/h2-5H,1H3,(H,17,18)(H,14,15,16). The molecule has 19 heavy (non-hydrogen) atoms. The second kappa shape index (κ2) is 5.46. The first-order valence-corrected chi connectivity index (χ1v) is 6.44. The number of carboxylic acid groups (broad SMARTS) is 1. The van der Waals surface area contributed by atoms with E-state index in [1.165, 1.54) is 30.0 Å². The SMILES string of the molecule is Cc1cc(=O)[nH]c(Sc2ccc(C(=O)O)c(Cl)c2)n1. The fraction of sp³-hybridized carbons (Fsp3) is 0.0833. The maximum Gasteiger partial charge on any atom is 0.337 e. The molecule has 0 radical (unpaired) electrons. The molecule has 2 rings (SSSR count). The quantitative estimate of drug-likeness (QED) is 0.851. The van der Waals surface area contributed by atoms with Gasteiger partial charge < -0.3 is 10.1 Å². The lowest BCUT2D eigenvalue weighted by molar-refractivity contribution is 0.0697. The molecule has 0 unspecified atom stereocenters. The van der Waals surface area contributed by atoms with Crippen molar-refractivity contribution in [2.45, 2.75) is 17.0 Å². The van der Waals surface area contributed by atoms with E-state index in [0.29, 0.717) is 15.7 Å². The Hall–Kier alpha value is -1.79. The van der Waals surface area contributed by atoms with Crippen LogP contribution < -0.4 is 5.56 Å². The zero-order valence-corrected chi connectivity index (χ0v) is 11.4. The molecule has 0 aliphatic carbocycles. The van der Waals surface area contributed by atoms with Crippen LogP contribution in [0, 0.1) is 6.92 Å². The van der Waals surface area contributed by atoms with E-state index in [0.717, 1.165) is 0 Å². The van der Waals surface area contributed by atoms with Crippen LogP contribution in [0.15, 0.2) is 39.1 Å². The van der Waals surface area contributed by atoms with Gasteiger partial charge in [0.1, 0.15) is 0 Å². The Bertz CT molecular complexity index is 700. The van der Waals surface area contributed by atoms with E-state index in [4.69, 9.17) is 16.7 Å². The van der Waals surface area contributed by atoms with Crippen LogP contribution in [0.4, 0.5) is 0 Å². The van der Waals surface area contributed by atoms with Gasteiger partial charge in [-0.05, 0) is 25.1 Å². The van der Waals surface area contributed by atoms with E-state index in [9.17, 15) is 9.59 Å². The van der Waals surface area contributed by atoms with Gasteiger partial charge >= 0.3 is 5.97 Å². The number of benzene rings is 1. The highest BCUT2D eigenvalue weighted by Crippen LogP contribution is 2.28. The summed E-state index contributed by atoms with van der Waals surface area (Å²) < 4.78 is 0. The zero-order valence-electron chi connectivity index (χ0n) is 9.81. The van der Waals surface area contributed by atoms with Crippen molar-refractivity contribution in [2.75, 3.05) is 0 Å². The van der Waals surface area contributed by atoms with Gasteiger partial charge in [0.2, 0.25) is 0 Å². The molecule has 2 aromatic rings. The highest BCUT2D eigenvalue weighted by atomic mass is 35.5. The van der Waals surface area contributed by atoms with Crippen LogP contribution in [0.2, 0.25) is 5.02 Å². The van der Waals surface area contributed by atoms with Crippen molar-refractivity contribution >= 4 is 29.3 Å². The summed E-state index contributed by atoms with van der Waals surface area (Å²) in [6, 6.07) is 5.95. The molecule has 0 spiro atoms. The minimum absolute atomic E-state index is 0.0386. The number of aromatic nitrogens is 2. The van der Waals surface area contributed by atoms with Gasteiger partial charge in [0.25, 0.3) is 5.56 Å². The molecule has 0 saturated carbocycles. The maximum atomic E-state index is 11.3. The van der Waals surface area contributed by atoms with Crippen LogP contribution in [-0.4, -0.2) is 21.0 Å². The van der Waals surface area contributed by atoms with Gasteiger partial charge in [-0.25, -0.2) is 9.78 Å². The largest absolute Gasteiger partial charge is 0.478 e. The molecule has 0 aliphatic heterocycles. The number of nitrogens with one attached hydrogen (secondary N) is 1. The number of hydrogen-bond donors (Lipinski definition) is 2. The molecule has 1 heterocycles. The van der Waals surface area contributed by atoms with Crippen molar-refractivity contribution in [3.8, 4) is 0 Å². The summed E-state index contributed by atoms with van der Waals surface area (Å²) in [5.74, 6) is -1.08. The molecule has 1 aromatic heterocycles. The summed E-state index contributed by atoms with van der Waals surface area (Å²) in [5, 5.41) is 9.45. The second-order valence-corrected chi connectivity index (χ2v) is 5.21. The monoisotopic (exact) mass is 296 g/mol. The summed E-state index contributed by atoms with van der Waals surface area (Å²) in [7, 11) is 0. The summed E-state index contributed by atoms with van der Waals surface area (Å²) >= 11 is 7.07. The van der Waals surface area contributed by atoms with Crippen LogP contribution in [0.5, 0.6) is 0 Å². The number of carbonyl (C=O) groups is 1. The lowest BCUT2D eigenvalue weighted by Crippen LogP contribution is -2.07. The smallest absolute Gasteiger partial charge is 0.337 e. The Balaban J connectivity index is 2.31. The highest BCUT2D eigenvalue weighted by Gasteiger charge is 2.10. The van der Waals surface area contributed by atoms with Crippen molar-refractivity contribution in [1.29, 1.82) is 0 Å². The Labute approximate surface area is 117 Å². The third-order valence-electron chi connectivity index (χ3n) is 2.23. The molecule has 0 bridgehead atoms. The number of H-pyrrole nitrogens is 1. The van der Waals surface area contributed by atoms with E-state index < -0.39 is 5.97 Å². The Morgan fingerprint density at radius 2 is 2.16 bits per heavy atom. The molecule has 0 aliphatic rings. The highest BCUT2D eigenvalue weighted by molar-refractivity contribution is 7.99. The minimum atomic E-state index is -1.08. The molecule has 5 nitrogen and oxygen atoms in total. The number of nitrogens with zero attached hydrogens (tertiary/aromatic N) is 1. The third kappa shape index (κ3) is 3.36. The maximum absolute atomic E-state index is 11.3. The van der Waals surface area contributed by atoms with Gasteiger partial charge in [-0.15, -0.1) is 0 Å². The van der Waals surface area contributed by atoms with Gasteiger partial charge in [-0.3, -0.25) is 4.79 Å². The third-order valence-corrected chi connectivity index (χ3v) is 3.42. The van der Waals surface area contributed by atoms with Crippen molar-refractivity contribution in [3.63, 3.8) is 0 Å². The fourth-order valence-electron chi connectivity index (χ4n) is 1.44. The molecule has 1 aromatic carbocycles. The van der Waals surface area contributed by atoms with Crippen LogP contribution >= 0.6 is 23.4 Å². The average molecular weight is 297 g/mol. The first kappa shape index (κ1) is 13.6. The average Bonchev–Trinajstić information content (AvgIpc) is 2.26. The molecule has 0 saturated heterocycles. The topological polar surface area (TPSA) is 83.0 Å². The summed E-state index contributed by atoms with van der Waals surface area (Å²) in [4.78, 5) is 29.6. The molecular weight excluding hydrogens is 288 g/mol. The lowest BCUT2D eigenvalue weighted by atomic mass is 10.2. The summed E-state index contributed by atoms with van der Waals surface area (Å²) in [6.07, 6.45) is 0. The number of halogens is 1. The molecule has 98 valence electrons. The Morgan fingerprint density at radius 3 is 2.74 bits per heavy atom. The van der Waals surface area contributed by atoms with Crippen LogP contribution in [-0.2, 0) is 0 Å². The first-order valence-electron chi connectivity index (χ1n) is 5.24. The van der Waals surface area contributed by atoms with Gasteiger partial charge in [0, 0.05) is 16.7 Å².